The second-order valence-electron chi connectivity index (χ2n) is 4.66. The number of nitrogens with zero attached hydrogens (tertiary/aromatic N) is 2. The van der Waals surface area contributed by atoms with Crippen LogP contribution in [0.1, 0.15) is 6.92 Å². The minimum absolute atomic E-state index is 0.165. The van der Waals surface area contributed by atoms with E-state index >= 15 is 0 Å². The summed E-state index contributed by atoms with van der Waals surface area (Å²) >= 11 is 0. The molecule has 0 bridgehead atoms. The van der Waals surface area contributed by atoms with Gasteiger partial charge in [0.25, 0.3) is 0 Å². The molecule has 0 aromatic heterocycles. The van der Waals surface area contributed by atoms with Crippen molar-refractivity contribution in [2.24, 2.45) is 0 Å². The lowest BCUT2D eigenvalue weighted by Gasteiger charge is -2.34. The number of aliphatic hydroxyl groups is 1. The van der Waals surface area contributed by atoms with Crippen LogP contribution in [0.4, 0.5) is 4.79 Å². The Labute approximate surface area is 117 Å². The molecule has 2 atom stereocenters. The van der Waals surface area contributed by atoms with Gasteiger partial charge in [0.2, 0.25) is 10.0 Å². The van der Waals surface area contributed by atoms with Gasteiger partial charge in [-0.05, 0) is 6.92 Å². The minimum Gasteiger partial charge on any atom is -0.480 e. The third-order valence-electron chi connectivity index (χ3n) is 3.02. The molecule has 1 heterocycles. The summed E-state index contributed by atoms with van der Waals surface area (Å²) in [4.78, 5) is 24.0. The van der Waals surface area contributed by atoms with Crippen LogP contribution in [0.5, 0.6) is 0 Å². The number of piperazine rings is 1. The van der Waals surface area contributed by atoms with E-state index < -0.39 is 34.2 Å². The zero-order valence-corrected chi connectivity index (χ0v) is 12.1. The van der Waals surface area contributed by atoms with Gasteiger partial charge in [-0.3, -0.25) is 0 Å². The smallest absolute Gasteiger partial charge is 0.328 e. The Balaban J connectivity index is 2.57. The molecular weight excluding hydrogens is 290 g/mol. The average molecular weight is 309 g/mol. The first-order chi connectivity index (χ1) is 9.12. The molecule has 1 fully saturated rings. The van der Waals surface area contributed by atoms with E-state index in [1.54, 1.807) is 0 Å². The fraction of sp³-hybridized carbons (Fsp3) is 0.800. The molecule has 0 aliphatic carbocycles. The first kappa shape index (κ1) is 16.7. The van der Waals surface area contributed by atoms with Crippen LogP contribution in [0.2, 0.25) is 0 Å². The zero-order chi connectivity index (χ0) is 15.5. The summed E-state index contributed by atoms with van der Waals surface area (Å²) in [6.45, 7) is 1.94. The first-order valence-electron chi connectivity index (χ1n) is 6.04. The molecule has 10 heteroatoms. The van der Waals surface area contributed by atoms with Crippen molar-refractivity contribution in [3.8, 4) is 0 Å². The SMILES string of the molecule is C[C@@H](O)[C@H](NC(=O)N1CCN(S(C)(=O)=O)CC1)C(=O)O. The predicted molar refractivity (Wildman–Crippen MR) is 69.6 cm³/mol. The lowest BCUT2D eigenvalue weighted by atomic mass is 10.2. The number of aliphatic carboxylic acids is 1. The molecule has 0 spiro atoms. The van der Waals surface area contributed by atoms with Gasteiger partial charge in [0.1, 0.15) is 0 Å². The Morgan fingerprint density at radius 1 is 1.20 bits per heavy atom. The Morgan fingerprint density at radius 2 is 1.70 bits per heavy atom. The normalized spacial score (nSPS) is 20.2. The van der Waals surface area contributed by atoms with E-state index in [-0.39, 0.29) is 26.2 Å². The highest BCUT2D eigenvalue weighted by molar-refractivity contribution is 7.88. The van der Waals surface area contributed by atoms with Crippen molar-refractivity contribution in [3.63, 3.8) is 0 Å². The van der Waals surface area contributed by atoms with E-state index in [1.807, 2.05) is 0 Å². The Kier molecular flexibility index (Phi) is 5.31. The van der Waals surface area contributed by atoms with Crippen LogP contribution in [0.3, 0.4) is 0 Å². The van der Waals surface area contributed by atoms with Crippen molar-refractivity contribution in [2.45, 2.75) is 19.1 Å². The van der Waals surface area contributed by atoms with Crippen molar-refractivity contribution >= 4 is 22.0 Å². The standard InChI is InChI=1S/C10H19N3O6S/c1-7(14)8(9(15)16)11-10(17)12-3-5-13(6-4-12)20(2,18)19/h7-8,14H,3-6H2,1-2H3,(H,11,17)(H,15,16)/t7-,8+/m1/s1. The highest BCUT2D eigenvalue weighted by Crippen LogP contribution is 2.06. The molecule has 9 nitrogen and oxygen atoms in total. The molecule has 0 unspecified atom stereocenters. The number of carbonyl (C=O) groups excluding carboxylic acids is 1. The van der Waals surface area contributed by atoms with Crippen molar-refractivity contribution in [2.75, 3.05) is 32.4 Å². The van der Waals surface area contributed by atoms with Crippen molar-refractivity contribution in [1.82, 2.24) is 14.5 Å². The van der Waals surface area contributed by atoms with Gasteiger partial charge in [-0.2, -0.15) is 4.31 Å². The highest BCUT2D eigenvalue weighted by atomic mass is 32.2. The third-order valence-corrected chi connectivity index (χ3v) is 4.33. The van der Waals surface area contributed by atoms with Crippen LogP contribution >= 0.6 is 0 Å². The van der Waals surface area contributed by atoms with E-state index in [4.69, 9.17) is 5.11 Å². The number of amides is 2. The Hall–Kier alpha value is -1.39. The molecule has 1 saturated heterocycles. The Bertz CT molecular complexity index is 469. The largest absolute Gasteiger partial charge is 0.480 e. The first-order valence-corrected chi connectivity index (χ1v) is 7.89. The number of hydrogen-bond donors (Lipinski definition) is 3. The summed E-state index contributed by atoms with van der Waals surface area (Å²) in [5.74, 6) is -1.33. The molecule has 20 heavy (non-hydrogen) atoms. The van der Waals surface area contributed by atoms with Crippen LogP contribution in [0, 0.1) is 0 Å². The fourth-order valence-electron chi connectivity index (χ4n) is 1.84. The van der Waals surface area contributed by atoms with Crippen LogP contribution in [-0.4, -0.2) is 84.4 Å². The molecule has 0 aromatic rings. The van der Waals surface area contributed by atoms with Crippen molar-refractivity contribution in [3.05, 3.63) is 0 Å². The zero-order valence-electron chi connectivity index (χ0n) is 11.3. The topological polar surface area (TPSA) is 127 Å². The molecule has 0 aromatic carbocycles. The number of sulfonamides is 1. The molecule has 1 rings (SSSR count). The molecule has 2 amide bonds. The number of urea groups is 1. The van der Waals surface area contributed by atoms with Gasteiger partial charge in [0.15, 0.2) is 6.04 Å². The quantitative estimate of drug-likeness (QED) is 0.557. The number of aliphatic hydroxyl groups excluding tert-OH is 1. The van der Waals surface area contributed by atoms with Crippen LogP contribution in [0.25, 0.3) is 0 Å². The van der Waals surface area contributed by atoms with E-state index in [1.165, 1.54) is 16.1 Å². The monoisotopic (exact) mass is 309 g/mol. The minimum atomic E-state index is -3.28. The number of hydrogen-bond acceptors (Lipinski definition) is 5. The van der Waals surface area contributed by atoms with Crippen molar-refractivity contribution < 1.29 is 28.2 Å². The fourth-order valence-corrected chi connectivity index (χ4v) is 2.66. The molecule has 0 radical (unpaired) electrons. The summed E-state index contributed by atoms with van der Waals surface area (Å²) in [6.07, 6.45) is -0.134. The number of carbonyl (C=O) groups is 2. The molecule has 1 aliphatic heterocycles. The molecule has 116 valence electrons. The van der Waals surface area contributed by atoms with E-state index in [9.17, 15) is 23.1 Å². The maximum absolute atomic E-state index is 11.8. The van der Waals surface area contributed by atoms with Gasteiger partial charge < -0.3 is 20.4 Å². The third kappa shape index (κ3) is 4.32. The van der Waals surface area contributed by atoms with Crippen molar-refractivity contribution in [1.29, 1.82) is 0 Å². The molecule has 0 saturated carbocycles. The van der Waals surface area contributed by atoms with Gasteiger partial charge in [-0.25, -0.2) is 18.0 Å². The van der Waals surface area contributed by atoms with Gasteiger partial charge in [0, 0.05) is 26.2 Å². The lowest BCUT2D eigenvalue weighted by Crippen LogP contribution is -2.57. The molecule has 1 aliphatic rings. The number of carboxylic acid groups (broad SMARTS) is 1. The lowest BCUT2D eigenvalue weighted by molar-refractivity contribution is -0.141. The summed E-state index contributed by atoms with van der Waals surface area (Å²) in [5, 5.41) is 20.3. The molecule has 3 N–H and O–H groups in total. The summed E-state index contributed by atoms with van der Waals surface area (Å²) < 4.78 is 23.9. The summed E-state index contributed by atoms with van der Waals surface area (Å²) in [6, 6.07) is -2.03. The van der Waals surface area contributed by atoms with Crippen LogP contribution in [0.15, 0.2) is 0 Å². The highest BCUT2D eigenvalue weighted by Gasteiger charge is 2.30. The van der Waals surface area contributed by atoms with E-state index in [0.29, 0.717) is 0 Å². The second kappa shape index (κ2) is 6.37. The number of rotatable bonds is 4. The average Bonchev–Trinajstić information content (AvgIpc) is 2.34. The number of nitrogens with one attached hydrogen (secondary N) is 1. The Morgan fingerprint density at radius 3 is 2.05 bits per heavy atom. The predicted octanol–water partition coefficient (Wildman–Crippen LogP) is -1.89. The van der Waals surface area contributed by atoms with Gasteiger partial charge >= 0.3 is 12.0 Å². The van der Waals surface area contributed by atoms with E-state index in [2.05, 4.69) is 5.32 Å². The number of carboxylic acids is 1. The maximum atomic E-state index is 11.8. The van der Waals surface area contributed by atoms with Gasteiger partial charge in [-0.1, -0.05) is 0 Å². The van der Waals surface area contributed by atoms with Crippen LogP contribution in [-0.2, 0) is 14.8 Å². The van der Waals surface area contributed by atoms with E-state index in [0.717, 1.165) is 6.26 Å². The maximum Gasteiger partial charge on any atom is 0.328 e. The summed E-state index contributed by atoms with van der Waals surface area (Å²) in [7, 11) is -3.28. The molecular formula is C10H19N3O6S. The van der Waals surface area contributed by atoms with Gasteiger partial charge in [0.05, 0.1) is 12.4 Å². The second-order valence-corrected chi connectivity index (χ2v) is 6.64. The van der Waals surface area contributed by atoms with Gasteiger partial charge in [-0.15, -0.1) is 0 Å². The van der Waals surface area contributed by atoms with Crippen LogP contribution < -0.4 is 5.32 Å². The summed E-state index contributed by atoms with van der Waals surface area (Å²) in [5.41, 5.74) is 0.